The Hall–Kier alpha value is -2.19. The van der Waals surface area contributed by atoms with Crippen LogP contribution in [0.15, 0.2) is 36.4 Å². The summed E-state index contributed by atoms with van der Waals surface area (Å²) in [7, 11) is 2.09. The smallest absolute Gasteiger partial charge is 0.493 e. The van der Waals surface area contributed by atoms with Gasteiger partial charge < -0.3 is 23.3 Å². The van der Waals surface area contributed by atoms with Gasteiger partial charge >= 0.3 is 15.0 Å². The number of halogens is 5. The largest absolute Gasteiger partial charge is 0.536 e. The van der Waals surface area contributed by atoms with Gasteiger partial charge in [0.15, 0.2) is 11.6 Å². The van der Waals surface area contributed by atoms with Crippen LogP contribution in [0.2, 0.25) is 0 Å². The molecule has 6 nitrogen and oxygen atoms in total. The van der Waals surface area contributed by atoms with Crippen LogP contribution in [0.4, 0.5) is 27.6 Å². The Kier molecular flexibility index (Phi) is 8.40. The highest BCUT2D eigenvalue weighted by Crippen LogP contribution is 2.59. The van der Waals surface area contributed by atoms with Crippen molar-refractivity contribution in [3.8, 4) is 5.75 Å². The Labute approximate surface area is 210 Å². The van der Waals surface area contributed by atoms with Crippen molar-refractivity contribution in [1.29, 1.82) is 0 Å². The van der Waals surface area contributed by atoms with Crippen LogP contribution in [0.25, 0.3) is 0 Å². The first kappa shape index (κ1) is 28.4. The lowest BCUT2D eigenvalue weighted by atomic mass is 9.85. The van der Waals surface area contributed by atoms with Crippen molar-refractivity contribution in [2.75, 3.05) is 33.8 Å². The maximum absolute atomic E-state index is 14.4. The molecule has 0 unspecified atom stereocenters. The van der Waals surface area contributed by atoms with Crippen LogP contribution >= 0.6 is 11.8 Å². The number of ether oxygens (including phenoxy) is 1. The van der Waals surface area contributed by atoms with Gasteiger partial charge in [0, 0.05) is 43.7 Å². The molecule has 0 bridgehead atoms. The highest BCUT2D eigenvalue weighted by atomic mass is 32.2. The Balaban J connectivity index is 2.00. The number of hydrogen-bond donors (Lipinski definition) is 1. The number of amides is 1. The maximum Gasteiger partial charge on any atom is 0.536 e. The molecular weight excluding hydrogens is 525 g/mol. The van der Waals surface area contributed by atoms with Crippen LogP contribution in [-0.2, 0) is 18.1 Å². The predicted molar refractivity (Wildman–Crippen MR) is 128 cm³/mol. The summed E-state index contributed by atoms with van der Waals surface area (Å²) in [4.78, 5) is 13.3. The normalized spacial score (nSPS) is 22.5. The molecule has 1 aliphatic rings. The number of alkyl halides is 3. The van der Waals surface area contributed by atoms with Crippen LogP contribution in [0, 0.1) is 11.6 Å². The third-order valence-corrected chi connectivity index (χ3v) is 10.5. The number of nitrogens with one attached hydrogen (secondary N) is 1. The zero-order valence-corrected chi connectivity index (χ0v) is 22.0. The number of methoxy groups -OCH3 is 1. The summed E-state index contributed by atoms with van der Waals surface area (Å²) in [5, 5.41) is 1.88. The number of anilines is 1. The fourth-order valence-corrected chi connectivity index (χ4v) is 7.66. The molecule has 0 radical (unpaired) electrons. The van der Waals surface area contributed by atoms with Crippen LogP contribution in [0.1, 0.15) is 24.8 Å². The van der Waals surface area contributed by atoms with Gasteiger partial charge in [0.25, 0.3) is 0 Å². The van der Waals surface area contributed by atoms with E-state index in [1.165, 1.54) is 21.3 Å². The highest BCUT2D eigenvalue weighted by molar-refractivity contribution is 8.02. The molecule has 2 aromatic carbocycles. The minimum Gasteiger partial charge on any atom is -0.493 e. The molecule has 0 saturated carbocycles. The lowest BCUT2D eigenvalue weighted by Gasteiger charge is -2.26. The molecule has 1 amide bonds. The molecule has 2 aromatic rings. The zero-order chi connectivity index (χ0) is 26.9. The van der Waals surface area contributed by atoms with Crippen LogP contribution < -0.4 is 15.2 Å². The Bertz CT molecular complexity index is 1110. The third-order valence-electron chi connectivity index (χ3n) is 6.19. The molecule has 1 heterocycles. The molecule has 1 saturated heterocycles. The number of benzene rings is 2. The lowest BCUT2D eigenvalue weighted by molar-refractivity contribution is -0.155. The number of thioether (sulfide) groups is 1. The van der Waals surface area contributed by atoms with E-state index in [0.717, 1.165) is 26.2 Å². The summed E-state index contributed by atoms with van der Waals surface area (Å²) in [6, 6.07) is 8.36. The quantitative estimate of drug-likeness (QED) is 0.382. The Morgan fingerprint density at radius 1 is 1.08 bits per heavy atom. The molecular formula is C23H26F5NO5SSi. The minimum absolute atomic E-state index is 0.0182. The van der Waals surface area contributed by atoms with Gasteiger partial charge in [-0.25, -0.2) is 4.39 Å². The van der Waals surface area contributed by atoms with E-state index in [-0.39, 0.29) is 11.3 Å². The van der Waals surface area contributed by atoms with E-state index >= 15 is 0 Å². The first-order chi connectivity index (χ1) is 16.9. The molecule has 1 fully saturated rings. The Morgan fingerprint density at radius 3 is 2.28 bits per heavy atom. The Morgan fingerprint density at radius 2 is 1.72 bits per heavy atom. The van der Waals surface area contributed by atoms with E-state index in [4.69, 9.17) is 18.0 Å². The van der Waals surface area contributed by atoms with E-state index in [0.29, 0.717) is 16.9 Å². The summed E-state index contributed by atoms with van der Waals surface area (Å²) in [6.45, 7) is 0.987. The van der Waals surface area contributed by atoms with Crippen LogP contribution in [0.3, 0.4) is 0 Å². The molecule has 0 aliphatic carbocycles. The van der Waals surface area contributed by atoms with E-state index in [2.05, 4.69) is 5.32 Å². The minimum atomic E-state index is -4.66. The van der Waals surface area contributed by atoms with Gasteiger partial charge in [-0.3, -0.25) is 4.79 Å². The average molecular weight is 552 g/mol. The van der Waals surface area contributed by atoms with Crippen molar-refractivity contribution in [3.63, 3.8) is 0 Å². The highest BCUT2D eigenvalue weighted by Gasteiger charge is 2.61. The van der Waals surface area contributed by atoms with Gasteiger partial charge in [-0.05, 0) is 31.5 Å². The number of carbonyl (C=O) groups excluding carboxylic acids is 1. The first-order valence-electron chi connectivity index (χ1n) is 10.7. The van der Waals surface area contributed by atoms with Gasteiger partial charge in [0.1, 0.15) is 4.75 Å². The van der Waals surface area contributed by atoms with Gasteiger partial charge in [-0.15, -0.1) is 11.8 Å². The third kappa shape index (κ3) is 5.12. The second kappa shape index (κ2) is 10.7. The van der Waals surface area contributed by atoms with Gasteiger partial charge in [-0.2, -0.15) is 17.6 Å². The lowest BCUT2D eigenvalue weighted by Crippen LogP contribution is -2.54. The van der Waals surface area contributed by atoms with Crippen molar-refractivity contribution >= 4 is 37.3 Å². The number of hydrogen-bond acceptors (Lipinski definition) is 6. The van der Waals surface area contributed by atoms with Crippen LogP contribution in [0.5, 0.6) is 5.75 Å². The molecule has 1 N–H and O–H groups in total. The molecule has 198 valence electrons. The summed E-state index contributed by atoms with van der Waals surface area (Å²) < 4.78 is 89.1. The zero-order valence-electron chi connectivity index (χ0n) is 20.2. The second-order valence-electron chi connectivity index (χ2n) is 8.30. The monoisotopic (exact) mass is 551 g/mol. The SMILES string of the molecule is COc1c([C@@H]2C[C@](C)(C(F)(F)F)S[C@H]2C(=O)Nc2cccc([Si](OC)(OC)OC)c2)ccc(F)c1F. The molecule has 0 spiro atoms. The van der Waals surface area contributed by atoms with Gasteiger partial charge in [-0.1, -0.05) is 18.2 Å². The fraction of sp³-hybridized carbons (Fsp3) is 0.435. The molecule has 1 aliphatic heterocycles. The van der Waals surface area contributed by atoms with E-state index in [9.17, 15) is 26.7 Å². The molecule has 3 rings (SSSR count). The fourth-order valence-electron chi connectivity index (χ4n) is 4.28. The summed E-state index contributed by atoms with van der Waals surface area (Å²) >= 11 is 0.429. The second-order valence-corrected chi connectivity index (χ2v) is 12.9. The number of rotatable bonds is 8. The molecule has 3 atom stereocenters. The van der Waals surface area contributed by atoms with Gasteiger partial charge in [0.2, 0.25) is 11.7 Å². The van der Waals surface area contributed by atoms with Crippen molar-refractivity contribution < 1.29 is 44.8 Å². The summed E-state index contributed by atoms with van der Waals surface area (Å²) in [6.07, 6.45) is -5.19. The summed E-state index contributed by atoms with van der Waals surface area (Å²) in [5.41, 5.74) is 0.257. The van der Waals surface area contributed by atoms with E-state index in [1.54, 1.807) is 24.3 Å². The van der Waals surface area contributed by atoms with Crippen molar-refractivity contribution in [2.45, 2.75) is 35.4 Å². The summed E-state index contributed by atoms with van der Waals surface area (Å²) in [5.74, 6) is -4.91. The molecule has 13 heteroatoms. The molecule has 36 heavy (non-hydrogen) atoms. The average Bonchev–Trinajstić information content (AvgIpc) is 3.21. The van der Waals surface area contributed by atoms with Gasteiger partial charge in [0.05, 0.1) is 12.4 Å². The van der Waals surface area contributed by atoms with E-state index in [1.807, 2.05) is 0 Å². The maximum atomic E-state index is 14.4. The van der Waals surface area contributed by atoms with E-state index < -0.39 is 60.6 Å². The van der Waals surface area contributed by atoms with Crippen molar-refractivity contribution in [2.24, 2.45) is 0 Å². The number of carbonyl (C=O) groups is 1. The first-order valence-corrected chi connectivity index (χ1v) is 13.3. The van der Waals surface area contributed by atoms with Crippen molar-refractivity contribution in [3.05, 3.63) is 53.6 Å². The van der Waals surface area contributed by atoms with Crippen LogP contribution in [-0.4, -0.2) is 59.3 Å². The standard InChI is InChI=1S/C23H26F5NO5SSi/c1-22(23(26,27)28)12-16(15-9-10-17(24)18(25)19(15)31-2)20(35-22)21(30)29-13-7-6-8-14(11-13)36(32-3,33-4)34-5/h6-11,16,20H,12H2,1-5H3,(H,29,30)/t16-,20+,22+/m0/s1. The topological polar surface area (TPSA) is 66.0 Å². The molecule has 0 aromatic heterocycles. The van der Waals surface area contributed by atoms with Crippen molar-refractivity contribution in [1.82, 2.24) is 0 Å². The predicted octanol–water partition coefficient (Wildman–Crippen LogP) is 4.61.